The van der Waals surface area contributed by atoms with Gasteiger partial charge >= 0.3 is 0 Å². The van der Waals surface area contributed by atoms with Crippen molar-refractivity contribution < 1.29 is 5.11 Å². The summed E-state index contributed by atoms with van der Waals surface area (Å²) in [5.41, 5.74) is 3.16. The quantitative estimate of drug-likeness (QED) is 0.763. The molecule has 15 heavy (non-hydrogen) atoms. The van der Waals surface area contributed by atoms with Crippen LogP contribution < -0.4 is 5.32 Å². The van der Waals surface area contributed by atoms with Gasteiger partial charge in [-0.2, -0.15) is 5.10 Å². The van der Waals surface area contributed by atoms with Crippen molar-refractivity contribution in [1.29, 1.82) is 0 Å². The third kappa shape index (κ3) is 1.92. The maximum Gasteiger partial charge on any atom is 0.0950 e. The number of β-amino-alcohol motifs (C(OH)–C–C–N with tert-alkyl or cyclic N) is 1. The highest BCUT2D eigenvalue weighted by atomic mass is 16.3. The van der Waals surface area contributed by atoms with Gasteiger partial charge in [0.2, 0.25) is 0 Å². The van der Waals surface area contributed by atoms with E-state index in [0.29, 0.717) is 12.5 Å². The molecule has 1 aromatic rings. The van der Waals surface area contributed by atoms with Gasteiger partial charge in [0.25, 0.3) is 0 Å². The standard InChI is InChI=1S/C11H19N3O/c1-7(2)6-14-8(3)11-9(13-14)4-12-5-10(11)15/h7,10,12,15H,4-6H2,1-3H3. The lowest BCUT2D eigenvalue weighted by atomic mass is 10.0. The average Bonchev–Trinajstić information content (AvgIpc) is 2.44. The Morgan fingerprint density at radius 3 is 2.93 bits per heavy atom. The molecule has 0 radical (unpaired) electrons. The smallest absolute Gasteiger partial charge is 0.0950 e. The molecular formula is C11H19N3O. The van der Waals surface area contributed by atoms with E-state index in [4.69, 9.17) is 0 Å². The summed E-state index contributed by atoms with van der Waals surface area (Å²) in [5.74, 6) is 0.579. The highest BCUT2D eigenvalue weighted by Gasteiger charge is 2.24. The monoisotopic (exact) mass is 209 g/mol. The van der Waals surface area contributed by atoms with E-state index in [1.807, 2.05) is 11.6 Å². The van der Waals surface area contributed by atoms with Crippen molar-refractivity contribution in [2.45, 2.75) is 40.0 Å². The number of aliphatic hydroxyl groups excluding tert-OH is 1. The molecule has 0 aliphatic carbocycles. The van der Waals surface area contributed by atoms with Crippen LogP contribution in [0.3, 0.4) is 0 Å². The molecule has 84 valence electrons. The Morgan fingerprint density at radius 1 is 1.60 bits per heavy atom. The van der Waals surface area contributed by atoms with Crippen LogP contribution in [0.1, 0.15) is 36.9 Å². The zero-order valence-electron chi connectivity index (χ0n) is 9.62. The van der Waals surface area contributed by atoms with Crippen LogP contribution in [0.2, 0.25) is 0 Å². The minimum Gasteiger partial charge on any atom is -0.387 e. The molecule has 0 saturated carbocycles. The van der Waals surface area contributed by atoms with Crippen LogP contribution in [0, 0.1) is 12.8 Å². The average molecular weight is 209 g/mol. The van der Waals surface area contributed by atoms with Crippen molar-refractivity contribution in [2.75, 3.05) is 6.54 Å². The van der Waals surface area contributed by atoms with Crippen LogP contribution >= 0.6 is 0 Å². The zero-order valence-corrected chi connectivity index (χ0v) is 9.62. The van der Waals surface area contributed by atoms with Gasteiger partial charge in [0.05, 0.1) is 11.8 Å². The van der Waals surface area contributed by atoms with Gasteiger partial charge in [0.1, 0.15) is 0 Å². The van der Waals surface area contributed by atoms with E-state index in [1.54, 1.807) is 0 Å². The molecule has 2 N–H and O–H groups in total. The second-order valence-electron chi connectivity index (χ2n) is 4.67. The number of fused-ring (bicyclic) bond motifs is 1. The van der Waals surface area contributed by atoms with Crippen molar-refractivity contribution in [3.63, 3.8) is 0 Å². The summed E-state index contributed by atoms with van der Waals surface area (Å²) in [5, 5.41) is 17.6. The number of nitrogens with one attached hydrogen (secondary N) is 1. The topological polar surface area (TPSA) is 50.1 Å². The van der Waals surface area contributed by atoms with Gasteiger partial charge < -0.3 is 10.4 Å². The first-order valence-corrected chi connectivity index (χ1v) is 5.54. The van der Waals surface area contributed by atoms with Crippen molar-refractivity contribution in [3.05, 3.63) is 17.0 Å². The predicted molar refractivity (Wildman–Crippen MR) is 58.5 cm³/mol. The van der Waals surface area contributed by atoms with Crippen LogP contribution in [-0.4, -0.2) is 21.4 Å². The summed E-state index contributed by atoms with van der Waals surface area (Å²) in [4.78, 5) is 0. The van der Waals surface area contributed by atoms with Crippen molar-refractivity contribution in [1.82, 2.24) is 15.1 Å². The molecule has 1 atom stereocenters. The Bertz CT molecular complexity index is 357. The minimum absolute atomic E-state index is 0.394. The van der Waals surface area contributed by atoms with Gasteiger partial charge in [0, 0.05) is 30.9 Å². The van der Waals surface area contributed by atoms with Gasteiger partial charge in [-0.3, -0.25) is 4.68 Å². The Balaban J connectivity index is 2.35. The molecule has 0 amide bonds. The molecule has 1 unspecified atom stereocenters. The molecule has 1 aromatic heterocycles. The van der Waals surface area contributed by atoms with Gasteiger partial charge in [-0.15, -0.1) is 0 Å². The van der Waals surface area contributed by atoms with E-state index in [0.717, 1.165) is 30.0 Å². The molecule has 0 saturated heterocycles. The molecule has 4 heteroatoms. The van der Waals surface area contributed by atoms with Crippen LogP contribution in [0.25, 0.3) is 0 Å². The zero-order chi connectivity index (χ0) is 11.0. The number of hydrogen-bond donors (Lipinski definition) is 2. The van der Waals surface area contributed by atoms with Crippen LogP contribution in [0.5, 0.6) is 0 Å². The molecule has 1 aliphatic rings. The molecule has 4 nitrogen and oxygen atoms in total. The number of aromatic nitrogens is 2. The van der Waals surface area contributed by atoms with Crippen LogP contribution in [0.4, 0.5) is 0 Å². The van der Waals surface area contributed by atoms with E-state index in [9.17, 15) is 5.11 Å². The SMILES string of the molecule is Cc1c2c(nn1CC(C)C)CNCC2O. The third-order valence-electron chi connectivity index (χ3n) is 2.83. The molecule has 0 aromatic carbocycles. The van der Waals surface area contributed by atoms with Gasteiger partial charge in [0.15, 0.2) is 0 Å². The Morgan fingerprint density at radius 2 is 2.33 bits per heavy atom. The van der Waals surface area contributed by atoms with E-state index in [2.05, 4.69) is 24.3 Å². The normalized spacial score (nSPS) is 20.7. The molecule has 0 fully saturated rings. The first-order chi connectivity index (χ1) is 7.09. The molecular weight excluding hydrogens is 190 g/mol. The van der Waals surface area contributed by atoms with Crippen molar-refractivity contribution >= 4 is 0 Å². The summed E-state index contributed by atoms with van der Waals surface area (Å²) in [6.07, 6.45) is -0.394. The Hall–Kier alpha value is -0.870. The molecule has 2 heterocycles. The van der Waals surface area contributed by atoms with E-state index in [-0.39, 0.29) is 0 Å². The van der Waals surface area contributed by atoms with Gasteiger partial charge in [-0.25, -0.2) is 0 Å². The Kier molecular flexibility index (Phi) is 2.80. The lowest BCUT2D eigenvalue weighted by Gasteiger charge is -2.18. The molecule has 2 rings (SSSR count). The fourth-order valence-corrected chi connectivity index (χ4v) is 2.14. The van der Waals surface area contributed by atoms with E-state index >= 15 is 0 Å². The summed E-state index contributed by atoms with van der Waals surface area (Å²) in [7, 11) is 0. The lowest BCUT2D eigenvalue weighted by molar-refractivity contribution is 0.164. The number of hydrogen-bond acceptors (Lipinski definition) is 3. The van der Waals surface area contributed by atoms with Crippen LogP contribution in [-0.2, 0) is 13.1 Å². The fraction of sp³-hybridized carbons (Fsp3) is 0.727. The minimum atomic E-state index is -0.394. The first kappa shape index (κ1) is 10.6. The summed E-state index contributed by atoms with van der Waals surface area (Å²) < 4.78 is 2.02. The van der Waals surface area contributed by atoms with Crippen molar-refractivity contribution in [2.24, 2.45) is 5.92 Å². The fourth-order valence-electron chi connectivity index (χ4n) is 2.14. The maximum absolute atomic E-state index is 9.87. The predicted octanol–water partition coefficient (Wildman–Crippen LogP) is 0.984. The van der Waals surface area contributed by atoms with Gasteiger partial charge in [-0.05, 0) is 12.8 Å². The van der Waals surface area contributed by atoms with E-state index < -0.39 is 6.10 Å². The second kappa shape index (κ2) is 3.94. The number of aliphatic hydroxyl groups is 1. The molecule has 0 bridgehead atoms. The van der Waals surface area contributed by atoms with E-state index in [1.165, 1.54) is 0 Å². The summed E-state index contributed by atoms with van der Waals surface area (Å²) in [6, 6.07) is 0. The second-order valence-corrected chi connectivity index (χ2v) is 4.67. The summed E-state index contributed by atoms with van der Waals surface area (Å²) >= 11 is 0. The summed E-state index contributed by atoms with van der Waals surface area (Å²) in [6.45, 7) is 8.73. The molecule has 0 spiro atoms. The van der Waals surface area contributed by atoms with Gasteiger partial charge in [-0.1, -0.05) is 13.8 Å². The number of rotatable bonds is 2. The van der Waals surface area contributed by atoms with Crippen LogP contribution in [0.15, 0.2) is 0 Å². The molecule has 1 aliphatic heterocycles. The number of nitrogens with zero attached hydrogens (tertiary/aromatic N) is 2. The largest absolute Gasteiger partial charge is 0.387 e. The first-order valence-electron chi connectivity index (χ1n) is 5.54. The third-order valence-corrected chi connectivity index (χ3v) is 2.83. The maximum atomic E-state index is 9.87. The Labute approximate surface area is 90.3 Å². The highest BCUT2D eigenvalue weighted by molar-refractivity contribution is 5.30. The van der Waals surface area contributed by atoms with Crippen molar-refractivity contribution in [3.8, 4) is 0 Å². The lowest BCUT2D eigenvalue weighted by Crippen LogP contribution is -2.27. The highest BCUT2D eigenvalue weighted by Crippen LogP contribution is 2.25.